The van der Waals surface area contributed by atoms with E-state index in [1.165, 1.54) is 17.6 Å². The van der Waals surface area contributed by atoms with Gasteiger partial charge in [-0.15, -0.1) is 5.10 Å². The molecule has 196 valence electrons. The lowest BCUT2D eigenvalue weighted by atomic mass is 10.0. The summed E-state index contributed by atoms with van der Waals surface area (Å²) in [6.45, 7) is 4.08. The van der Waals surface area contributed by atoms with E-state index < -0.39 is 24.2 Å². The summed E-state index contributed by atoms with van der Waals surface area (Å²) < 4.78 is 18.3. The average molecular weight is 619 g/mol. The van der Waals surface area contributed by atoms with Gasteiger partial charge in [-0.2, -0.15) is 0 Å². The number of benzene rings is 1. The molecule has 2 aliphatic rings. The van der Waals surface area contributed by atoms with Crippen LogP contribution in [0.3, 0.4) is 0 Å². The molecule has 3 atom stereocenters. The number of ether oxygens (including phenoxy) is 2. The Morgan fingerprint density at radius 1 is 1.22 bits per heavy atom. The number of carbonyl (C=O) groups excluding carboxylic acids is 2. The molecule has 1 amide bonds. The van der Waals surface area contributed by atoms with Crippen molar-refractivity contribution in [2.75, 3.05) is 19.0 Å². The second-order valence-corrected chi connectivity index (χ2v) is 11.0. The van der Waals surface area contributed by atoms with Crippen LogP contribution in [0.15, 0.2) is 28.8 Å². The summed E-state index contributed by atoms with van der Waals surface area (Å²) in [5.41, 5.74) is 1.19. The molecular weight excluding hydrogens is 589 g/mol. The van der Waals surface area contributed by atoms with Gasteiger partial charge < -0.3 is 24.1 Å². The zero-order valence-corrected chi connectivity index (χ0v) is 23.2. The van der Waals surface area contributed by atoms with E-state index in [0.717, 1.165) is 33.6 Å². The van der Waals surface area contributed by atoms with Crippen molar-refractivity contribution in [1.29, 1.82) is 0 Å². The van der Waals surface area contributed by atoms with Crippen molar-refractivity contribution < 1.29 is 23.5 Å². The van der Waals surface area contributed by atoms with Gasteiger partial charge in [-0.25, -0.2) is 9.78 Å². The number of fused-ring (bicyclic) bond motifs is 5. The minimum absolute atomic E-state index is 0.105. The minimum atomic E-state index is -0.767. The van der Waals surface area contributed by atoms with Crippen LogP contribution in [0.4, 0.5) is 6.01 Å². The lowest BCUT2D eigenvalue weighted by Crippen LogP contribution is -2.50. The topological polar surface area (TPSA) is 120 Å². The molecule has 2 aliphatic heterocycles. The number of rotatable bonds is 2. The number of pyridine rings is 1. The van der Waals surface area contributed by atoms with Gasteiger partial charge in [0.2, 0.25) is 17.7 Å². The first-order chi connectivity index (χ1) is 17.8. The van der Waals surface area contributed by atoms with Crippen molar-refractivity contribution in [2.24, 2.45) is 5.92 Å². The van der Waals surface area contributed by atoms with Crippen LogP contribution in [0, 0.1) is 9.49 Å². The molecule has 1 unspecified atom stereocenters. The number of carbonyl (C=O) groups is 2. The van der Waals surface area contributed by atoms with E-state index >= 15 is 0 Å². The van der Waals surface area contributed by atoms with Crippen molar-refractivity contribution in [3.63, 3.8) is 0 Å². The van der Waals surface area contributed by atoms with Crippen molar-refractivity contribution in [1.82, 2.24) is 20.1 Å². The number of hydrogen-bond acceptors (Lipinski definition) is 9. The zero-order chi connectivity index (χ0) is 26.1. The largest absolute Gasteiger partial charge is 0.472 e. The van der Waals surface area contributed by atoms with E-state index in [0.29, 0.717) is 24.6 Å². The highest BCUT2D eigenvalue weighted by Gasteiger charge is 2.44. The summed E-state index contributed by atoms with van der Waals surface area (Å²) in [5.74, 6) is 0.206. The summed E-state index contributed by atoms with van der Waals surface area (Å²) in [6.07, 6.45) is 5.06. The quantitative estimate of drug-likeness (QED) is 0.338. The minimum Gasteiger partial charge on any atom is -0.472 e. The molecule has 1 N–H and O–H groups in total. The number of anilines is 1. The molecule has 4 heterocycles. The summed E-state index contributed by atoms with van der Waals surface area (Å²) >= 11 is 2.28. The maximum absolute atomic E-state index is 13.8. The second-order valence-electron chi connectivity index (χ2n) is 9.87. The number of nitrogens with one attached hydrogen (secondary N) is 1. The Bertz CT molecular complexity index is 1310. The van der Waals surface area contributed by atoms with Crippen LogP contribution in [0.25, 0.3) is 10.8 Å². The molecule has 37 heavy (non-hydrogen) atoms. The number of amides is 1. The number of aromatic nitrogens is 3. The number of nitrogens with zero attached hydrogens (tertiary/aromatic N) is 4. The molecule has 0 radical (unpaired) electrons. The lowest BCUT2D eigenvalue weighted by Gasteiger charge is -2.29. The van der Waals surface area contributed by atoms with Crippen LogP contribution in [0.5, 0.6) is 5.88 Å². The van der Waals surface area contributed by atoms with E-state index in [4.69, 9.17) is 13.9 Å². The van der Waals surface area contributed by atoms with Crippen LogP contribution >= 0.6 is 22.6 Å². The summed E-state index contributed by atoms with van der Waals surface area (Å²) in [4.78, 5) is 32.6. The third-order valence-corrected chi connectivity index (χ3v) is 7.81. The Morgan fingerprint density at radius 2 is 2.03 bits per heavy atom. The zero-order valence-electron chi connectivity index (χ0n) is 21.1. The van der Waals surface area contributed by atoms with Gasteiger partial charge in [0, 0.05) is 33.4 Å². The SMILES string of the molecule is COC(=O)[C@@H]1CC2CN1C(=O)[C@H](C(C)C)Nc1nnc(o1)CCCCc1ccc3c(I)cnc(c3c1)O2. The van der Waals surface area contributed by atoms with E-state index in [9.17, 15) is 9.59 Å². The van der Waals surface area contributed by atoms with Crippen LogP contribution < -0.4 is 10.1 Å². The van der Waals surface area contributed by atoms with E-state index in [2.05, 4.69) is 61.3 Å². The third-order valence-electron chi connectivity index (χ3n) is 6.95. The highest BCUT2D eigenvalue weighted by Crippen LogP contribution is 2.32. The van der Waals surface area contributed by atoms with Gasteiger partial charge in [-0.1, -0.05) is 31.1 Å². The smallest absolute Gasteiger partial charge is 0.328 e. The molecule has 0 aliphatic carbocycles. The molecule has 11 heteroatoms. The van der Waals surface area contributed by atoms with Crippen molar-refractivity contribution >= 4 is 51.3 Å². The maximum atomic E-state index is 13.8. The van der Waals surface area contributed by atoms with Gasteiger partial charge >= 0.3 is 12.0 Å². The van der Waals surface area contributed by atoms with Crippen LogP contribution in [-0.4, -0.2) is 63.8 Å². The fraction of sp³-hybridized carbons (Fsp3) is 0.500. The molecule has 1 saturated heterocycles. The second kappa shape index (κ2) is 10.8. The van der Waals surface area contributed by atoms with E-state index in [1.807, 2.05) is 13.8 Å². The average Bonchev–Trinajstić information content (AvgIpc) is 3.52. The number of hydrogen-bond donors (Lipinski definition) is 1. The molecule has 1 aromatic carbocycles. The molecule has 3 aromatic rings. The van der Waals surface area contributed by atoms with Gasteiger partial charge in [0.05, 0.1) is 13.7 Å². The Hall–Kier alpha value is -2.96. The molecule has 10 nitrogen and oxygen atoms in total. The molecule has 5 rings (SSSR count). The van der Waals surface area contributed by atoms with E-state index in [1.54, 1.807) is 6.20 Å². The number of aryl methyl sites for hydroxylation is 2. The normalized spacial score (nSPS) is 22.5. The highest BCUT2D eigenvalue weighted by molar-refractivity contribution is 14.1. The van der Waals surface area contributed by atoms with Gasteiger partial charge in [-0.3, -0.25) is 4.79 Å². The fourth-order valence-corrected chi connectivity index (χ4v) is 5.58. The Balaban J connectivity index is 1.54. The molecule has 1 fully saturated rings. The molecule has 0 spiro atoms. The highest BCUT2D eigenvalue weighted by atomic mass is 127. The molecule has 6 bridgehead atoms. The van der Waals surface area contributed by atoms with Gasteiger partial charge in [0.15, 0.2) is 0 Å². The summed E-state index contributed by atoms with van der Waals surface area (Å²) in [6, 6.07) is 5.13. The molecular formula is C26H30IN5O5. The lowest BCUT2D eigenvalue weighted by molar-refractivity contribution is -0.151. The summed E-state index contributed by atoms with van der Waals surface area (Å²) in [7, 11) is 1.33. The Kier molecular flexibility index (Phi) is 7.50. The first kappa shape index (κ1) is 25.7. The Labute approximate surface area is 228 Å². The van der Waals surface area contributed by atoms with Crippen LogP contribution in [0.2, 0.25) is 0 Å². The monoisotopic (exact) mass is 619 g/mol. The van der Waals surface area contributed by atoms with E-state index in [-0.39, 0.29) is 24.4 Å². The third kappa shape index (κ3) is 5.36. The Morgan fingerprint density at radius 3 is 2.81 bits per heavy atom. The van der Waals surface area contributed by atoms with Crippen LogP contribution in [-0.2, 0) is 27.2 Å². The number of esters is 1. The fourth-order valence-electron chi connectivity index (χ4n) is 4.97. The summed E-state index contributed by atoms with van der Waals surface area (Å²) in [5, 5.41) is 13.3. The van der Waals surface area contributed by atoms with Gasteiger partial charge in [0.25, 0.3) is 0 Å². The maximum Gasteiger partial charge on any atom is 0.328 e. The van der Waals surface area contributed by atoms with Gasteiger partial charge in [0.1, 0.15) is 18.2 Å². The number of methoxy groups -OCH3 is 1. The van der Waals surface area contributed by atoms with Gasteiger partial charge in [-0.05, 0) is 59.4 Å². The first-order valence-corrected chi connectivity index (χ1v) is 13.6. The predicted octanol–water partition coefficient (Wildman–Crippen LogP) is 3.76. The first-order valence-electron chi connectivity index (χ1n) is 12.5. The van der Waals surface area contributed by atoms with Crippen molar-refractivity contribution in [3.8, 4) is 5.88 Å². The van der Waals surface area contributed by atoms with Crippen LogP contribution in [0.1, 0.15) is 44.6 Å². The molecule has 2 aromatic heterocycles. The van der Waals surface area contributed by atoms with Crippen molar-refractivity contribution in [3.05, 3.63) is 39.4 Å². The standard InChI is InChI=1S/C26H30IN5O5/c1-14(2)22-24(33)32-13-16(11-20(32)25(34)35-3)36-23-18-10-15(8-9-17(18)19(27)12-28-23)6-4-5-7-21-30-31-26(29-22)37-21/h8-10,12,14,16,20,22H,4-7,11,13H2,1-3H3,(H,29,31)/t16?,20-,22-/m0/s1. The predicted molar refractivity (Wildman–Crippen MR) is 144 cm³/mol. The number of halogens is 1. The molecule has 0 saturated carbocycles. The van der Waals surface area contributed by atoms with Crippen molar-refractivity contribution in [2.45, 2.75) is 64.1 Å².